The van der Waals surface area contributed by atoms with Crippen LogP contribution in [-0.4, -0.2) is 35.3 Å². The fourth-order valence-electron chi connectivity index (χ4n) is 4.20. The first kappa shape index (κ1) is 23.0. The minimum atomic E-state index is -0.980. The summed E-state index contributed by atoms with van der Waals surface area (Å²) in [5, 5.41) is 3.82. The molecule has 2 heterocycles. The van der Waals surface area contributed by atoms with Crippen LogP contribution in [0.3, 0.4) is 0 Å². The number of benzene rings is 3. The highest BCUT2D eigenvalue weighted by molar-refractivity contribution is 7.99. The van der Waals surface area contributed by atoms with Crippen molar-refractivity contribution in [3.8, 4) is 0 Å². The van der Waals surface area contributed by atoms with E-state index in [0.717, 1.165) is 16.5 Å². The molecule has 1 aliphatic heterocycles. The first-order chi connectivity index (χ1) is 16.9. The van der Waals surface area contributed by atoms with Crippen LogP contribution in [0.5, 0.6) is 0 Å². The van der Waals surface area contributed by atoms with Crippen LogP contribution < -0.4 is 16.0 Å². The van der Waals surface area contributed by atoms with E-state index in [0.29, 0.717) is 21.3 Å². The number of fused-ring (bicyclic) bond motifs is 2. The molecule has 35 heavy (non-hydrogen) atoms. The number of nitrogens with one attached hydrogen (secondary N) is 2. The number of nitrogens with two attached hydrogens (primary N) is 1. The molecule has 7 nitrogen and oxygen atoms in total. The summed E-state index contributed by atoms with van der Waals surface area (Å²) in [5.41, 5.74) is 8.01. The zero-order valence-corrected chi connectivity index (χ0v) is 20.0. The number of thioether (sulfide) groups is 1. The molecule has 0 bridgehead atoms. The van der Waals surface area contributed by atoms with Crippen molar-refractivity contribution < 1.29 is 14.4 Å². The minimum absolute atomic E-state index is 0.325. The summed E-state index contributed by atoms with van der Waals surface area (Å²) in [7, 11) is 0. The average Bonchev–Trinajstić information content (AvgIpc) is 3.25. The van der Waals surface area contributed by atoms with E-state index >= 15 is 0 Å². The van der Waals surface area contributed by atoms with Gasteiger partial charge in [-0.25, -0.2) is 0 Å². The highest BCUT2D eigenvalue weighted by Gasteiger charge is 2.40. The molecular weight excluding hydrogens is 484 g/mol. The Kier molecular flexibility index (Phi) is 6.23. The van der Waals surface area contributed by atoms with E-state index in [1.165, 1.54) is 16.7 Å². The van der Waals surface area contributed by atoms with Crippen molar-refractivity contribution in [2.24, 2.45) is 5.73 Å². The molecule has 0 radical (unpaired) electrons. The summed E-state index contributed by atoms with van der Waals surface area (Å²) in [4.78, 5) is 44.3. The molecule has 0 saturated heterocycles. The number of amides is 3. The topological polar surface area (TPSA) is 108 Å². The van der Waals surface area contributed by atoms with Crippen LogP contribution in [0.25, 0.3) is 10.9 Å². The predicted molar refractivity (Wildman–Crippen MR) is 138 cm³/mol. The van der Waals surface area contributed by atoms with Crippen LogP contribution in [0, 0.1) is 0 Å². The normalized spacial score (nSPS) is 17.6. The van der Waals surface area contributed by atoms with Crippen LogP contribution in [0.4, 0.5) is 5.69 Å². The van der Waals surface area contributed by atoms with Gasteiger partial charge in [-0.15, -0.1) is 11.8 Å². The van der Waals surface area contributed by atoms with Crippen LogP contribution >= 0.6 is 23.4 Å². The first-order valence-corrected chi connectivity index (χ1v) is 12.2. The Morgan fingerprint density at radius 1 is 1.03 bits per heavy atom. The largest absolute Gasteiger partial charge is 0.368 e. The molecule has 3 aromatic carbocycles. The molecule has 0 saturated carbocycles. The van der Waals surface area contributed by atoms with Gasteiger partial charge >= 0.3 is 0 Å². The van der Waals surface area contributed by atoms with Gasteiger partial charge in [-0.3, -0.25) is 14.4 Å². The van der Waals surface area contributed by atoms with Crippen LogP contribution in [0.1, 0.15) is 21.3 Å². The fourth-order valence-corrected chi connectivity index (χ4v) is 5.82. The van der Waals surface area contributed by atoms with E-state index in [-0.39, 0.29) is 6.54 Å². The van der Waals surface area contributed by atoms with E-state index in [1.54, 1.807) is 24.3 Å². The number of halogens is 1. The third-order valence-electron chi connectivity index (χ3n) is 5.80. The third kappa shape index (κ3) is 4.62. The van der Waals surface area contributed by atoms with Gasteiger partial charge in [0, 0.05) is 20.8 Å². The van der Waals surface area contributed by atoms with Crippen molar-refractivity contribution in [3.05, 3.63) is 95.1 Å². The van der Waals surface area contributed by atoms with E-state index in [2.05, 4.69) is 10.3 Å². The predicted octanol–water partition coefficient (Wildman–Crippen LogP) is 4.29. The molecule has 3 amide bonds. The van der Waals surface area contributed by atoms with Gasteiger partial charge in [-0.1, -0.05) is 60.1 Å². The SMILES string of the molecule is NC(=O)CN1C(=O)[C@@H](NC(=O)c2cc3ccccc3[nH]2)[C@H](c2ccccc2)Sc2cc(Cl)ccc21. The lowest BCUT2D eigenvalue weighted by atomic mass is 10.0. The number of hydrogen-bond acceptors (Lipinski definition) is 4. The van der Waals surface area contributed by atoms with Gasteiger partial charge in [0.2, 0.25) is 5.91 Å². The number of primary amides is 1. The molecule has 0 unspecified atom stereocenters. The number of anilines is 1. The second-order valence-corrected chi connectivity index (χ2v) is 9.79. The van der Waals surface area contributed by atoms with Crippen LogP contribution in [0.15, 0.2) is 83.8 Å². The van der Waals surface area contributed by atoms with Crippen LogP contribution in [0.2, 0.25) is 5.02 Å². The lowest BCUT2D eigenvalue weighted by Crippen LogP contribution is -2.52. The summed E-state index contributed by atoms with van der Waals surface area (Å²) >= 11 is 7.68. The molecule has 0 fully saturated rings. The number of hydrogen-bond donors (Lipinski definition) is 3. The summed E-state index contributed by atoms with van der Waals surface area (Å²) in [6.07, 6.45) is 0. The highest BCUT2D eigenvalue weighted by atomic mass is 35.5. The summed E-state index contributed by atoms with van der Waals surface area (Å²) < 4.78 is 0. The molecule has 9 heteroatoms. The maximum Gasteiger partial charge on any atom is 0.268 e. The van der Waals surface area contributed by atoms with E-state index < -0.39 is 29.0 Å². The van der Waals surface area contributed by atoms with Crippen molar-refractivity contribution >= 4 is 57.7 Å². The smallest absolute Gasteiger partial charge is 0.268 e. The standard InChI is InChI=1S/C26H21ClN4O3S/c27-17-10-11-20-21(13-17)35-24(15-6-2-1-3-7-15)23(26(34)31(20)14-22(28)32)30-25(33)19-12-16-8-4-5-9-18(16)29-19/h1-13,23-24,29H,14H2,(H2,28,32)(H,30,33)/t23-,24-/m0/s1. The Bertz CT molecular complexity index is 1410. The number of H-pyrrole nitrogens is 1. The molecule has 176 valence electrons. The summed E-state index contributed by atoms with van der Waals surface area (Å²) in [5.74, 6) is -1.53. The van der Waals surface area contributed by atoms with E-state index in [9.17, 15) is 14.4 Å². The monoisotopic (exact) mass is 504 g/mol. The van der Waals surface area contributed by atoms with Crippen molar-refractivity contribution in [1.29, 1.82) is 0 Å². The van der Waals surface area contributed by atoms with E-state index in [4.69, 9.17) is 17.3 Å². The van der Waals surface area contributed by atoms with Gasteiger partial charge < -0.3 is 20.9 Å². The van der Waals surface area contributed by atoms with E-state index in [1.807, 2.05) is 54.6 Å². The number of aromatic amines is 1. The number of nitrogens with zero attached hydrogens (tertiary/aromatic N) is 1. The molecule has 4 N–H and O–H groups in total. The molecule has 2 atom stereocenters. The number of para-hydroxylation sites is 1. The Labute approximate surface area is 210 Å². The minimum Gasteiger partial charge on any atom is -0.368 e. The van der Waals surface area contributed by atoms with Gasteiger partial charge in [-0.2, -0.15) is 0 Å². The van der Waals surface area contributed by atoms with Gasteiger partial charge in [0.05, 0.1) is 10.9 Å². The first-order valence-electron chi connectivity index (χ1n) is 10.9. The van der Waals surface area contributed by atoms with Crippen molar-refractivity contribution in [3.63, 3.8) is 0 Å². The quantitative estimate of drug-likeness (QED) is 0.377. The van der Waals surface area contributed by atoms with Crippen LogP contribution in [-0.2, 0) is 9.59 Å². The van der Waals surface area contributed by atoms with Crippen molar-refractivity contribution in [1.82, 2.24) is 10.3 Å². The Balaban J connectivity index is 1.58. The molecule has 1 aliphatic rings. The maximum atomic E-state index is 13.9. The molecule has 0 aliphatic carbocycles. The second-order valence-electron chi connectivity index (χ2n) is 8.17. The second kappa shape index (κ2) is 9.48. The zero-order chi connectivity index (χ0) is 24.5. The molecule has 5 rings (SSSR count). The average molecular weight is 505 g/mol. The Morgan fingerprint density at radius 3 is 2.51 bits per heavy atom. The number of carbonyl (C=O) groups excluding carboxylic acids is 3. The lowest BCUT2D eigenvalue weighted by molar-refractivity contribution is -0.123. The van der Waals surface area contributed by atoms with Gasteiger partial charge in [0.1, 0.15) is 18.3 Å². The van der Waals surface area contributed by atoms with Gasteiger partial charge in [0.25, 0.3) is 11.8 Å². The lowest BCUT2D eigenvalue weighted by Gasteiger charge is -2.28. The molecule has 0 spiro atoms. The summed E-state index contributed by atoms with van der Waals surface area (Å²) in [6, 6.07) is 22.8. The maximum absolute atomic E-state index is 13.9. The van der Waals surface area contributed by atoms with Gasteiger partial charge in [0.15, 0.2) is 0 Å². The molecule has 1 aromatic heterocycles. The van der Waals surface area contributed by atoms with Gasteiger partial charge in [-0.05, 0) is 35.9 Å². The number of carbonyl (C=O) groups is 3. The van der Waals surface area contributed by atoms with Crippen molar-refractivity contribution in [2.45, 2.75) is 16.2 Å². The highest BCUT2D eigenvalue weighted by Crippen LogP contribution is 2.46. The third-order valence-corrected chi connectivity index (χ3v) is 7.42. The number of aromatic nitrogens is 1. The molecular formula is C26H21ClN4O3S. The zero-order valence-electron chi connectivity index (χ0n) is 18.4. The fraction of sp³-hybridized carbons (Fsp3) is 0.115. The van der Waals surface area contributed by atoms with Crippen molar-refractivity contribution in [2.75, 3.05) is 11.4 Å². The Hall–Kier alpha value is -3.75. The molecule has 4 aromatic rings. The summed E-state index contributed by atoms with van der Waals surface area (Å²) in [6.45, 7) is -0.325. The Morgan fingerprint density at radius 2 is 1.77 bits per heavy atom. The number of rotatable bonds is 5.